The first-order chi connectivity index (χ1) is 8.12. The van der Waals surface area contributed by atoms with Crippen molar-refractivity contribution < 1.29 is 14.6 Å². The third kappa shape index (κ3) is 1.25. The van der Waals surface area contributed by atoms with Crippen molar-refractivity contribution in [2.45, 2.75) is 18.8 Å². The Morgan fingerprint density at radius 1 is 1.53 bits per heavy atom. The number of phenols is 1. The van der Waals surface area contributed by atoms with Gasteiger partial charge in [-0.15, -0.1) is 0 Å². The molecule has 17 heavy (non-hydrogen) atoms. The van der Waals surface area contributed by atoms with Crippen molar-refractivity contribution >= 4 is 5.97 Å². The van der Waals surface area contributed by atoms with Crippen molar-refractivity contribution in [1.29, 1.82) is 0 Å². The Morgan fingerprint density at radius 3 is 2.71 bits per heavy atom. The standard InChI is InChI=1S/C14H16O3/c1-8(13(16)17-2)14(11-7-12(11)14)9-4-3-5-10(15)6-9/h3-6,8,11-12,15H,7H2,1-2H3/t8?,11-,12?,14?/m1/s1. The normalized spacial score (nSPS) is 34.7. The summed E-state index contributed by atoms with van der Waals surface area (Å²) in [4.78, 5) is 11.7. The Labute approximate surface area is 100 Å². The molecule has 0 radical (unpaired) electrons. The Balaban J connectivity index is 1.96. The molecular weight excluding hydrogens is 216 g/mol. The Bertz CT molecular complexity index is 472. The number of benzene rings is 1. The molecule has 0 bridgehead atoms. The van der Waals surface area contributed by atoms with Crippen LogP contribution in [0.3, 0.4) is 0 Å². The van der Waals surface area contributed by atoms with Crippen LogP contribution in [0.25, 0.3) is 0 Å². The van der Waals surface area contributed by atoms with E-state index in [0.29, 0.717) is 11.8 Å². The number of hydrogen-bond donors (Lipinski definition) is 1. The van der Waals surface area contributed by atoms with Crippen molar-refractivity contribution in [3.63, 3.8) is 0 Å². The first-order valence-electron chi connectivity index (χ1n) is 5.99. The first-order valence-corrected chi connectivity index (χ1v) is 5.99. The van der Waals surface area contributed by atoms with E-state index < -0.39 is 0 Å². The lowest BCUT2D eigenvalue weighted by molar-refractivity contribution is -0.146. The van der Waals surface area contributed by atoms with Crippen LogP contribution in [0.2, 0.25) is 0 Å². The van der Waals surface area contributed by atoms with E-state index in [1.54, 1.807) is 12.1 Å². The lowest BCUT2D eigenvalue weighted by Gasteiger charge is -2.28. The van der Waals surface area contributed by atoms with Crippen molar-refractivity contribution in [2.24, 2.45) is 17.8 Å². The SMILES string of the molecule is COC(=O)C(C)C1(c2cccc(O)c2)C2C[C@H]21. The van der Waals surface area contributed by atoms with E-state index >= 15 is 0 Å². The molecule has 2 aliphatic carbocycles. The predicted octanol–water partition coefficient (Wildman–Crippen LogP) is 2.09. The summed E-state index contributed by atoms with van der Waals surface area (Å²) in [6.07, 6.45) is 1.21. The molecule has 1 aromatic rings. The number of rotatable bonds is 3. The maximum atomic E-state index is 11.7. The van der Waals surface area contributed by atoms with Crippen LogP contribution in [0.4, 0.5) is 0 Å². The zero-order chi connectivity index (χ0) is 12.2. The van der Waals surface area contributed by atoms with Gasteiger partial charge in [0.2, 0.25) is 0 Å². The van der Waals surface area contributed by atoms with Gasteiger partial charge < -0.3 is 9.84 Å². The molecule has 3 unspecified atom stereocenters. The number of ether oxygens (including phenoxy) is 1. The molecule has 0 saturated heterocycles. The van der Waals surface area contributed by atoms with Gasteiger partial charge in [-0.2, -0.15) is 0 Å². The average Bonchev–Trinajstić information content (AvgIpc) is 3.18. The van der Waals surface area contributed by atoms with Crippen molar-refractivity contribution in [3.05, 3.63) is 29.8 Å². The lowest BCUT2D eigenvalue weighted by atomic mass is 9.76. The van der Waals surface area contributed by atoms with Crippen LogP contribution in [0, 0.1) is 17.8 Å². The molecule has 2 aliphatic rings. The molecule has 2 saturated carbocycles. The van der Waals surface area contributed by atoms with Crippen LogP contribution in [-0.2, 0) is 14.9 Å². The molecule has 2 fully saturated rings. The summed E-state index contributed by atoms with van der Waals surface area (Å²) < 4.78 is 4.86. The van der Waals surface area contributed by atoms with Gasteiger partial charge in [0.15, 0.2) is 0 Å². The predicted molar refractivity (Wildman–Crippen MR) is 62.6 cm³/mol. The summed E-state index contributed by atoms with van der Waals surface area (Å²) in [5.41, 5.74) is 1.02. The maximum Gasteiger partial charge on any atom is 0.309 e. The van der Waals surface area contributed by atoms with E-state index in [4.69, 9.17) is 4.74 Å². The summed E-state index contributed by atoms with van der Waals surface area (Å²) in [5, 5.41) is 9.57. The van der Waals surface area contributed by atoms with Crippen molar-refractivity contribution in [2.75, 3.05) is 7.11 Å². The fraction of sp³-hybridized carbons (Fsp3) is 0.500. The van der Waals surface area contributed by atoms with Crippen molar-refractivity contribution in [3.8, 4) is 5.75 Å². The third-order valence-corrected chi connectivity index (χ3v) is 4.53. The number of carbonyl (C=O) groups is 1. The number of phenolic OH excluding ortho intramolecular Hbond substituents is 1. The number of fused-ring (bicyclic) bond motifs is 1. The van der Waals surface area contributed by atoms with Crippen LogP contribution in [0.5, 0.6) is 5.75 Å². The molecule has 1 N–H and O–H groups in total. The van der Waals surface area contributed by atoms with Gasteiger partial charge in [0, 0.05) is 5.41 Å². The number of aromatic hydroxyl groups is 1. The van der Waals surface area contributed by atoms with E-state index in [-0.39, 0.29) is 23.1 Å². The summed E-state index contributed by atoms with van der Waals surface area (Å²) in [5.74, 6) is 1.21. The van der Waals surface area contributed by atoms with E-state index in [0.717, 1.165) is 5.56 Å². The van der Waals surface area contributed by atoms with E-state index in [9.17, 15) is 9.90 Å². The molecule has 3 nitrogen and oxygen atoms in total. The van der Waals surface area contributed by atoms with Gasteiger partial charge >= 0.3 is 5.97 Å². The van der Waals surface area contributed by atoms with Gasteiger partial charge in [-0.1, -0.05) is 19.1 Å². The van der Waals surface area contributed by atoms with Gasteiger partial charge in [-0.3, -0.25) is 4.79 Å². The molecule has 90 valence electrons. The van der Waals surface area contributed by atoms with Crippen LogP contribution >= 0.6 is 0 Å². The number of carbonyl (C=O) groups excluding carboxylic acids is 1. The quantitative estimate of drug-likeness (QED) is 0.812. The molecule has 0 spiro atoms. The third-order valence-electron chi connectivity index (χ3n) is 4.53. The van der Waals surface area contributed by atoms with Crippen molar-refractivity contribution in [1.82, 2.24) is 0 Å². The molecule has 0 amide bonds. The fourth-order valence-corrected chi connectivity index (χ4v) is 3.46. The maximum absolute atomic E-state index is 11.7. The van der Waals surface area contributed by atoms with E-state index in [2.05, 4.69) is 0 Å². The zero-order valence-corrected chi connectivity index (χ0v) is 10.0. The molecule has 4 atom stereocenters. The molecule has 0 aromatic heterocycles. The summed E-state index contributed by atoms with van der Waals surface area (Å²) >= 11 is 0. The highest BCUT2D eigenvalue weighted by atomic mass is 16.5. The Morgan fingerprint density at radius 2 is 2.24 bits per heavy atom. The van der Waals surface area contributed by atoms with Gasteiger partial charge in [-0.05, 0) is 36.0 Å². The lowest BCUT2D eigenvalue weighted by Crippen LogP contribution is -2.32. The molecule has 0 aliphatic heterocycles. The highest BCUT2D eigenvalue weighted by Crippen LogP contribution is 2.80. The van der Waals surface area contributed by atoms with E-state index in [1.165, 1.54) is 13.5 Å². The second-order valence-electron chi connectivity index (χ2n) is 5.18. The van der Waals surface area contributed by atoms with Crippen LogP contribution in [-0.4, -0.2) is 18.2 Å². The summed E-state index contributed by atoms with van der Waals surface area (Å²) in [6, 6.07) is 7.29. The Kier molecular flexibility index (Phi) is 2.03. The van der Waals surface area contributed by atoms with Gasteiger partial charge in [0.1, 0.15) is 5.75 Å². The second kappa shape index (κ2) is 3.25. The molecule has 0 heterocycles. The average molecular weight is 232 g/mol. The topological polar surface area (TPSA) is 46.5 Å². The number of methoxy groups -OCH3 is 1. The van der Waals surface area contributed by atoms with Gasteiger partial charge in [0.25, 0.3) is 0 Å². The van der Waals surface area contributed by atoms with Crippen LogP contribution in [0.15, 0.2) is 24.3 Å². The minimum Gasteiger partial charge on any atom is -0.508 e. The largest absolute Gasteiger partial charge is 0.508 e. The van der Waals surface area contributed by atoms with Crippen LogP contribution in [0.1, 0.15) is 18.9 Å². The summed E-state index contributed by atoms with van der Waals surface area (Å²) in [7, 11) is 1.43. The monoisotopic (exact) mass is 232 g/mol. The second-order valence-corrected chi connectivity index (χ2v) is 5.18. The summed E-state index contributed by atoms with van der Waals surface area (Å²) in [6.45, 7) is 1.93. The molecular formula is C14H16O3. The molecule has 3 rings (SSSR count). The molecule has 3 heteroatoms. The van der Waals surface area contributed by atoms with Gasteiger partial charge in [-0.25, -0.2) is 0 Å². The number of esters is 1. The zero-order valence-electron chi connectivity index (χ0n) is 10.0. The number of hydrogen-bond acceptors (Lipinski definition) is 3. The fourth-order valence-electron chi connectivity index (χ4n) is 3.46. The highest BCUT2D eigenvalue weighted by Gasteiger charge is 2.79. The smallest absolute Gasteiger partial charge is 0.309 e. The van der Waals surface area contributed by atoms with Gasteiger partial charge in [0.05, 0.1) is 13.0 Å². The molecule has 1 aromatic carbocycles. The minimum atomic E-state index is -0.152. The highest BCUT2D eigenvalue weighted by molar-refractivity contribution is 5.76. The van der Waals surface area contributed by atoms with Crippen LogP contribution < -0.4 is 0 Å². The first kappa shape index (κ1) is 10.6. The Hall–Kier alpha value is -1.51. The van der Waals surface area contributed by atoms with E-state index in [1.807, 2.05) is 19.1 Å². The minimum absolute atomic E-state index is 0.0637.